The summed E-state index contributed by atoms with van der Waals surface area (Å²) in [7, 11) is 0. The first-order chi connectivity index (χ1) is 12.1. The van der Waals surface area contributed by atoms with E-state index in [1.54, 1.807) is 58.1 Å². The number of pyridine rings is 1. The molecule has 7 nitrogen and oxygen atoms in total. The van der Waals surface area contributed by atoms with Gasteiger partial charge in [0.05, 0.1) is 12.2 Å². The van der Waals surface area contributed by atoms with Crippen molar-refractivity contribution < 1.29 is 4.79 Å². The van der Waals surface area contributed by atoms with Gasteiger partial charge in [-0.25, -0.2) is 4.79 Å². The van der Waals surface area contributed by atoms with Crippen LogP contribution in [0.4, 0.5) is 0 Å². The Labute approximate surface area is 148 Å². The second-order valence-electron chi connectivity index (χ2n) is 5.68. The summed E-state index contributed by atoms with van der Waals surface area (Å²) in [4.78, 5) is 30.8. The molecular formula is C17H14ClN5O2. The summed E-state index contributed by atoms with van der Waals surface area (Å²) in [5.41, 5.74) is 0.802. The minimum atomic E-state index is -0.220. The van der Waals surface area contributed by atoms with Crippen molar-refractivity contribution in [2.24, 2.45) is 0 Å². The molecule has 3 aromatic rings. The monoisotopic (exact) mass is 355 g/mol. The van der Waals surface area contributed by atoms with Crippen LogP contribution in [0.25, 0.3) is 5.69 Å². The first kappa shape index (κ1) is 15.6. The molecule has 8 heteroatoms. The number of halogens is 1. The highest BCUT2D eigenvalue weighted by Gasteiger charge is 2.26. The molecule has 4 rings (SSSR count). The van der Waals surface area contributed by atoms with Gasteiger partial charge in [0.1, 0.15) is 5.69 Å². The van der Waals surface area contributed by atoms with Crippen molar-refractivity contribution in [2.75, 3.05) is 6.54 Å². The molecule has 1 aromatic carbocycles. The van der Waals surface area contributed by atoms with Gasteiger partial charge in [0, 0.05) is 24.3 Å². The summed E-state index contributed by atoms with van der Waals surface area (Å²) in [6.07, 6.45) is 1.59. The molecule has 0 radical (unpaired) electrons. The van der Waals surface area contributed by atoms with Crippen LogP contribution in [0.5, 0.6) is 0 Å². The maximum absolute atomic E-state index is 12.6. The minimum absolute atomic E-state index is 0.166. The Kier molecular flexibility index (Phi) is 3.85. The average molecular weight is 356 g/mol. The largest absolute Gasteiger partial charge is 0.350 e. The summed E-state index contributed by atoms with van der Waals surface area (Å²) in [5, 5.41) is 4.98. The number of rotatable bonds is 2. The quantitative estimate of drug-likeness (QED) is 0.702. The Morgan fingerprint density at radius 2 is 1.88 bits per heavy atom. The van der Waals surface area contributed by atoms with Crippen molar-refractivity contribution in [3.8, 4) is 5.69 Å². The molecule has 0 unspecified atom stereocenters. The molecule has 0 atom stereocenters. The lowest BCUT2D eigenvalue weighted by molar-refractivity contribution is 0.0700. The van der Waals surface area contributed by atoms with E-state index in [-0.39, 0.29) is 18.1 Å². The van der Waals surface area contributed by atoms with Crippen LogP contribution in [-0.2, 0) is 13.1 Å². The van der Waals surface area contributed by atoms with Crippen molar-refractivity contribution >= 4 is 17.5 Å². The average Bonchev–Trinajstić information content (AvgIpc) is 2.98. The van der Waals surface area contributed by atoms with Crippen LogP contribution in [0.3, 0.4) is 0 Å². The van der Waals surface area contributed by atoms with Crippen molar-refractivity contribution in [2.45, 2.75) is 13.1 Å². The molecular weight excluding hydrogens is 342 g/mol. The molecule has 0 saturated carbocycles. The van der Waals surface area contributed by atoms with E-state index in [2.05, 4.69) is 10.1 Å². The lowest BCUT2D eigenvalue weighted by Crippen LogP contribution is -2.41. The van der Waals surface area contributed by atoms with Gasteiger partial charge < -0.3 is 4.90 Å². The van der Waals surface area contributed by atoms with E-state index in [1.807, 2.05) is 0 Å². The zero-order chi connectivity index (χ0) is 17.4. The molecule has 0 fully saturated rings. The molecule has 1 aliphatic heterocycles. The fraction of sp³-hybridized carbons (Fsp3) is 0.176. The van der Waals surface area contributed by atoms with E-state index in [0.717, 1.165) is 0 Å². The van der Waals surface area contributed by atoms with E-state index in [9.17, 15) is 9.59 Å². The Hall–Kier alpha value is -2.93. The number of fused-ring (bicyclic) bond motifs is 1. The lowest BCUT2D eigenvalue weighted by Gasteiger charge is -2.26. The fourth-order valence-corrected chi connectivity index (χ4v) is 2.95. The van der Waals surface area contributed by atoms with Gasteiger partial charge in [0.25, 0.3) is 5.91 Å². The maximum atomic E-state index is 12.6. The van der Waals surface area contributed by atoms with Gasteiger partial charge in [-0.1, -0.05) is 17.7 Å². The Balaban J connectivity index is 1.64. The third-order valence-corrected chi connectivity index (χ3v) is 4.36. The van der Waals surface area contributed by atoms with Crippen molar-refractivity contribution in [1.29, 1.82) is 0 Å². The number of amides is 1. The molecule has 1 amide bonds. The highest BCUT2D eigenvalue weighted by molar-refractivity contribution is 6.30. The predicted octanol–water partition coefficient (Wildman–Crippen LogP) is 1.74. The van der Waals surface area contributed by atoms with Crippen LogP contribution in [0.1, 0.15) is 16.3 Å². The van der Waals surface area contributed by atoms with Gasteiger partial charge in [0.15, 0.2) is 5.82 Å². The van der Waals surface area contributed by atoms with Crippen molar-refractivity contribution in [1.82, 2.24) is 24.2 Å². The van der Waals surface area contributed by atoms with Crippen LogP contribution in [0.15, 0.2) is 53.5 Å². The number of hydrogen-bond acceptors (Lipinski definition) is 4. The van der Waals surface area contributed by atoms with Crippen LogP contribution in [0, 0.1) is 0 Å². The zero-order valence-corrected chi connectivity index (χ0v) is 13.9. The number of nitrogens with zero attached hydrogens (tertiary/aromatic N) is 5. The summed E-state index contributed by atoms with van der Waals surface area (Å²) in [6.45, 7) is 1.11. The smallest absolute Gasteiger partial charge is 0.328 e. The van der Waals surface area contributed by atoms with Crippen LogP contribution in [-0.4, -0.2) is 36.7 Å². The summed E-state index contributed by atoms with van der Waals surface area (Å²) < 4.78 is 2.93. The number of carbonyl (C=O) groups excluding carboxylic acids is 1. The molecule has 2 aromatic heterocycles. The fourth-order valence-electron chi connectivity index (χ4n) is 2.82. The zero-order valence-electron chi connectivity index (χ0n) is 13.2. The second kappa shape index (κ2) is 6.18. The van der Waals surface area contributed by atoms with Gasteiger partial charge in [0.2, 0.25) is 0 Å². The van der Waals surface area contributed by atoms with Gasteiger partial charge in [-0.3, -0.25) is 14.3 Å². The molecule has 25 heavy (non-hydrogen) atoms. The van der Waals surface area contributed by atoms with E-state index in [0.29, 0.717) is 35.3 Å². The second-order valence-corrected chi connectivity index (χ2v) is 6.12. The first-order valence-corrected chi connectivity index (χ1v) is 8.16. The molecule has 0 saturated heterocycles. The number of aromatic nitrogens is 4. The molecule has 0 spiro atoms. The molecule has 0 aliphatic carbocycles. The van der Waals surface area contributed by atoms with E-state index < -0.39 is 0 Å². The number of carbonyl (C=O) groups is 1. The first-order valence-electron chi connectivity index (χ1n) is 7.78. The highest BCUT2D eigenvalue weighted by Crippen LogP contribution is 2.15. The van der Waals surface area contributed by atoms with Crippen LogP contribution in [0.2, 0.25) is 5.02 Å². The summed E-state index contributed by atoms with van der Waals surface area (Å²) in [6, 6.07) is 12.1. The Morgan fingerprint density at radius 1 is 1.08 bits per heavy atom. The normalized spacial score (nSPS) is 13.6. The third-order valence-electron chi connectivity index (χ3n) is 4.11. The Bertz CT molecular complexity index is 979. The van der Waals surface area contributed by atoms with E-state index in [1.165, 1.54) is 4.68 Å². The topological polar surface area (TPSA) is 73.0 Å². The molecule has 126 valence electrons. The van der Waals surface area contributed by atoms with Crippen molar-refractivity contribution in [3.05, 3.63) is 75.7 Å². The lowest BCUT2D eigenvalue weighted by atomic mass is 10.3. The number of benzene rings is 1. The van der Waals surface area contributed by atoms with E-state index >= 15 is 0 Å². The maximum Gasteiger partial charge on any atom is 0.350 e. The van der Waals surface area contributed by atoms with Gasteiger partial charge in [-0.05, 0) is 36.4 Å². The predicted molar refractivity (Wildman–Crippen MR) is 91.8 cm³/mol. The SMILES string of the molecule is O=C(c1ccccn1)N1CCn2c(nn(-c3ccc(Cl)cc3)c2=O)C1. The van der Waals surface area contributed by atoms with E-state index in [4.69, 9.17) is 11.6 Å². The summed E-state index contributed by atoms with van der Waals surface area (Å²) in [5.74, 6) is 0.385. The van der Waals surface area contributed by atoms with Crippen LogP contribution >= 0.6 is 11.6 Å². The highest BCUT2D eigenvalue weighted by atomic mass is 35.5. The molecule has 1 aliphatic rings. The number of hydrogen-bond donors (Lipinski definition) is 0. The van der Waals surface area contributed by atoms with Crippen molar-refractivity contribution in [3.63, 3.8) is 0 Å². The molecule has 0 N–H and O–H groups in total. The van der Waals surface area contributed by atoms with Gasteiger partial charge in [-0.15, -0.1) is 5.10 Å². The Morgan fingerprint density at radius 3 is 2.60 bits per heavy atom. The van der Waals surface area contributed by atoms with Crippen LogP contribution < -0.4 is 5.69 Å². The standard InChI is InChI=1S/C17H14ClN5O2/c18-12-4-6-13(7-5-12)23-17(25)22-10-9-21(11-15(22)20-23)16(24)14-3-1-2-8-19-14/h1-8H,9-11H2. The minimum Gasteiger partial charge on any atom is -0.328 e. The summed E-state index contributed by atoms with van der Waals surface area (Å²) >= 11 is 5.89. The molecule has 0 bridgehead atoms. The molecule has 3 heterocycles. The van der Waals surface area contributed by atoms with Gasteiger partial charge in [-0.2, -0.15) is 4.68 Å². The third kappa shape index (κ3) is 2.83. The van der Waals surface area contributed by atoms with Gasteiger partial charge >= 0.3 is 5.69 Å².